The van der Waals surface area contributed by atoms with E-state index in [9.17, 15) is 4.79 Å². The maximum atomic E-state index is 11.5. The molecule has 0 aliphatic rings. The summed E-state index contributed by atoms with van der Waals surface area (Å²) in [4.78, 5) is 11.5. The minimum absolute atomic E-state index is 0.167. The lowest BCUT2D eigenvalue weighted by Gasteiger charge is -2.12. The summed E-state index contributed by atoms with van der Waals surface area (Å²) in [5, 5.41) is 8.99. The molecule has 1 amide bonds. The second-order valence-electron chi connectivity index (χ2n) is 3.71. The second-order valence-corrected chi connectivity index (χ2v) is 3.71. The Kier molecular flexibility index (Phi) is 3.64. The van der Waals surface area contributed by atoms with Gasteiger partial charge >= 0.3 is 0 Å². The van der Waals surface area contributed by atoms with Crippen LogP contribution in [0.1, 0.15) is 20.3 Å². The van der Waals surface area contributed by atoms with E-state index in [1.54, 1.807) is 12.4 Å². The Morgan fingerprint density at radius 2 is 2.43 bits per heavy atom. The lowest BCUT2D eigenvalue weighted by molar-refractivity contribution is -0.117. The van der Waals surface area contributed by atoms with Gasteiger partial charge in [0.2, 0.25) is 5.91 Å². The van der Waals surface area contributed by atoms with Gasteiger partial charge in [-0.2, -0.15) is 5.10 Å². The van der Waals surface area contributed by atoms with Gasteiger partial charge < -0.3 is 11.1 Å². The molecule has 1 heterocycles. The second kappa shape index (κ2) is 4.76. The highest BCUT2D eigenvalue weighted by atomic mass is 16.2. The minimum Gasteiger partial charge on any atom is -0.322 e. The van der Waals surface area contributed by atoms with E-state index in [1.165, 1.54) is 0 Å². The molecule has 0 spiro atoms. The number of hydrogen-bond donors (Lipinski definition) is 3. The third-order valence-electron chi connectivity index (χ3n) is 1.83. The van der Waals surface area contributed by atoms with Crippen LogP contribution in [0.2, 0.25) is 0 Å². The summed E-state index contributed by atoms with van der Waals surface area (Å²) in [6.07, 6.45) is 3.84. The van der Waals surface area contributed by atoms with E-state index >= 15 is 0 Å². The Morgan fingerprint density at radius 1 is 1.71 bits per heavy atom. The van der Waals surface area contributed by atoms with Crippen LogP contribution < -0.4 is 11.1 Å². The Labute approximate surface area is 83.1 Å². The van der Waals surface area contributed by atoms with Crippen LogP contribution >= 0.6 is 0 Å². The van der Waals surface area contributed by atoms with Crippen molar-refractivity contribution in [3.63, 3.8) is 0 Å². The minimum atomic E-state index is -0.454. The van der Waals surface area contributed by atoms with E-state index in [0.717, 1.165) is 0 Å². The largest absolute Gasteiger partial charge is 0.322 e. The zero-order chi connectivity index (χ0) is 10.6. The molecule has 1 rings (SSSR count). The summed E-state index contributed by atoms with van der Waals surface area (Å²) in [5.74, 6) is 0.250. The van der Waals surface area contributed by atoms with Gasteiger partial charge in [-0.05, 0) is 12.3 Å². The van der Waals surface area contributed by atoms with Gasteiger partial charge in [0.15, 0.2) is 0 Å². The Hall–Kier alpha value is -1.36. The number of hydrogen-bond acceptors (Lipinski definition) is 3. The number of aromatic nitrogens is 2. The van der Waals surface area contributed by atoms with Crippen LogP contribution in [0.5, 0.6) is 0 Å². The third-order valence-corrected chi connectivity index (χ3v) is 1.83. The first-order valence-corrected chi connectivity index (χ1v) is 4.65. The van der Waals surface area contributed by atoms with Crippen molar-refractivity contribution in [3.05, 3.63) is 12.4 Å². The maximum absolute atomic E-state index is 11.5. The van der Waals surface area contributed by atoms with Gasteiger partial charge in [0, 0.05) is 6.20 Å². The molecular formula is C9H16N4O. The molecule has 0 saturated heterocycles. The first-order chi connectivity index (χ1) is 6.59. The molecule has 4 N–H and O–H groups in total. The predicted octanol–water partition coefficient (Wildman–Crippen LogP) is 0.722. The summed E-state index contributed by atoms with van der Waals surface area (Å²) in [6.45, 7) is 4.07. The zero-order valence-corrected chi connectivity index (χ0v) is 8.45. The van der Waals surface area contributed by atoms with Crippen LogP contribution in [-0.4, -0.2) is 22.1 Å². The van der Waals surface area contributed by atoms with Crippen LogP contribution in [-0.2, 0) is 4.79 Å². The molecule has 78 valence electrons. The van der Waals surface area contributed by atoms with E-state index in [2.05, 4.69) is 15.5 Å². The average Bonchev–Trinajstić information content (AvgIpc) is 2.55. The van der Waals surface area contributed by atoms with Gasteiger partial charge in [-0.25, -0.2) is 0 Å². The third kappa shape index (κ3) is 3.18. The van der Waals surface area contributed by atoms with Crippen LogP contribution in [0.4, 0.5) is 5.69 Å². The number of H-pyrrole nitrogens is 1. The Bertz CT molecular complexity index is 281. The van der Waals surface area contributed by atoms with Gasteiger partial charge in [0.05, 0.1) is 17.9 Å². The number of rotatable bonds is 4. The zero-order valence-electron chi connectivity index (χ0n) is 8.45. The molecular weight excluding hydrogens is 180 g/mol. The lowest BCUT2D eigenvalue weighted by Crippen LogP contribution is -2.36. The van der Waals surface area contributed by atoms with Crippen molar-refractivity contribution in [3.8, 4) is 0 Å². The number of carbonyl (C=O) groups is 1. The Balaban J connectivity index is 2.42. The fraction of sp³-hybridized carbons (Fsp3) is 0.556. The Morgan fingerprint density at radius 3 is 2.93 bits per heavy atom. The molecule has 0 aliphatic carbocycles. The van der Waals surface area contributed by atoms with Crippen molar-refractivity contribution < 1.29 is 4.79 Å². The summed E-state index contributed by atoms with van der Waals surface area (Å²) < 4.78 is 0. The van der Waals surface area contributed by atoms with Crippen molar-refractivity contribution >= 4 is 11.6 Å². The number of nitrogens with two attached hydrogens (primary N) is 1. The first kappa shape index (κ1) is 10.7. The highest BCUT2D eigenvalue weighted by Crippen LogP contribution is 2.06. The molecule has 0 aromatic carbocycles. The van der Waals surface area contributed by atoms with Gasteiger partial charge in [0.1, 0.15) is 0 Å². The standard InChI is InChI=1S/C9H16N4O/c1-6(2)3-8(10)9(14)13-7-4-11-12-5-7/h4-6,8H,3,10H2,1-2H3,(H,11,12)(H,13,14)/t8-/m0/s1. The smallest absolute Gasteiger partial charge is 0.241 e. The van der Waals surface area contributed by atoms with Crippen molar-refractivity contribution in [2.45, 2.75) is 26.3 Å². The molecule has 0 saturated carbocycles. The van der Waals surface area contributed by atoms with Gasteiger partial charge in [-0.3, -0.25) is 9.89 Å². The lowest BCUT2D eigenvalue weighted by atomic mass is 10.0. The highest BCUT2D eigenvalue weighted by Gasteiger charge is 2.14. The van der Waals surface area contributed by atoms with E-state index in [-0.39, 0.29) is 5.91 Å². The van der Waals surface area contributed by atoms with Gasteiger partial charge in [-0.1, -0.05) is 13.8 Å². The molecule has 0 bridgehead atoms. The van der Waals surface area contributed by atoms with E-state index in [1.807, 2.05) is 13.8 Å². The summed E-state index contributed by atoms with van der Waals surface area (Å²) in [7, 11) is 0. The number of nitrogens with zero attached hydrogens (tertiary/aromatic N) is 1. The molecule has 1 aromatic rings. The molecule has 0 aliphatic heterocycles. The van der Waals surface area contributed by atoms with E-state index in [0.29, 0.717) is 18.0 Å². The number of nitrogens with one attached hydrogen (secondary N) is 2. The van der Waals surface area contributed by atoms with Crippen LogP contribution in [0.25, 0.3) is 0 Å². The SMILES string of the molecule is CC(C)C[C@H](N)C(=O)Nc1cn[nH]c1. The molecule has 5 nitrogen and oxygen atoms in total. The average molecular weight is 196 g/mol. The molecule has 1 aromatic heterocycles. The van der Waals surface area contributed by atoms with Gasteiger partial charge in [-0.15, -0.1) is 0 Å². The number of anilines is 1. The van der Waals surface area contributed by atoms with E-state index < -0.39 is 6.04 Å². The molecule has 5 heteroatoms. The number of amides is 1. The quantitative estimate of drug-likeness (QED) is 0.663. The molecule has 0 unspecified atom stereocenters. The molecule has 0 fully saturated rings. The molecule has 1 atom stereocenters. The summed E-state index contributed by atoms with van der Waals surface area (Å²) in [6, 6.07) is -0.454. The van der Waals surface area contributed by atoms with E-state index in [4.69, 9.17) is 5.73 Å². The van der Waals surface area contributed by atoms with Crippen molar-refractivity contribution in [1.82, 2.24) is 10.2 Å². The van der Waals surface area contributed by atoms with Crippen LogP contribution in [0.15, 0.2) is 12.4 Å². The van der Waals surface area contributed by atoms with Crippen molar-refractivity contribution in [1.29, 1.82) is 0 Å². The van der Waals surface area contributed by atoms with Crippen molar-refractivity contribution in [2.24, 2.45) is 11.7 Å². The molecule has 0 radical (unpaired) electrons. The normalized spacial score (nSPS) is 12.9. The number of carbonyl (C=O) groups excluding carboxylic acids is 1. The van der Waals surface area contributed by atoms with Gasteiger partial charge in [0.25, 0.3) is 0 Å². The maximum Gasteiger partial charge on any atom is 0.241 e. The topological polar surface area (TPSA) is 83.8 Å². The fourth-order valence-electron chi connectivity index (χ4n) is 1.17. The van der Waals surface area contributed by atoms with Crippen molar-refractivity contribution in [2.75, 3.05) is 5.32 Å². The summed E-state index contributed by atoms with van der Waals surface area (Å²) in [5.41, 5.74) is 6.34. The summed E-state index contributed by atoms with van der Waals surface area (Å²) >= 11 is 0. The van der Waals surface area contributed by atoms with Crippen LogP contribution in [0, 0.1) is 5.92 Å². The first-order valence-electron chi connectivity index (χ1n) is 4.65. The predicted molar refractivity (Wildman–Crippen MR) is 54.6 cm³/mol. The monoisotopic (exact) mass is 196 g/mol. The number of aromatic amines is 1. The molecule has 14 heavy (non-hydrogen) atoms. The highest BCUT2D eigenvalue weighted by molar-refractivity contribution is 5.94. The van der Waals surface area contributed by atoms with Crippen LogP contribution in [0.3, 0.4) is 0 Å². The fourth-order valence-corrected chi connectivity index (χ4v) is 1.17.